The number of hydrogen-bond donors (Lipinski definition) is 3. The van der Waals surface area contributed by atoms with Crippen LogP contribution in [0.4, 0.5) is 0 Å². The second kappa shape index (κ2) is 8.26. The largest absolute Gasteiger partial charge is 0.368 e. The van der Waals surface area contributed by atoms with Gasteiger partial charge in [-0.15, -0.1) is 0 Å². The molecule has 4 N–H and O–H groups in total. The van der Waals surface area contributed by atoms with Gasteiger partial charge in [0, 0.05) is 11.6 Å². The highest BCUT2D eigenvalue weighted by molar-refractivity contribution is 5.97. The van der Waals surface area contributed by atoms with Crippen LogP contribution < -0.4 is 16.4 Å². The normalized spacial score (nSPS) is 13.3. The van der Waals surface area contributed by atoms with Gasteiger partial charge in [0.1, 0.15) is 6.04 Å². The number of nitrogens with one attached hydrogen (secondary N) is 2. The minimum absolute atomic E-state index is 0.116. The maximum Gasteiger partial charge on any atom is 0.251 e. The molecule has 0 radical (unpaired) electrons. The van der Waals surface area contributed by atoms with Gasteiger partial charge in [-0.3, -0.25) is 9.59 Å². The molecular formula is C19H23N3O2. The number of carbonyl (C=O) groups excluding carboxylic acids is 2. The Morgan fingerprint density at radius 1 is 0.917 bits per heavy atom. The summed E-state index contributed by atoms with van der Waals surface area (Å²) in [4.78, 5) is 24.5. The first kappa shape index (κ1) is 17.7. The first-order chi connectivity index (χ1) is 11.5. The molecule has 2 amide bonds. The summed E-state index contributed by atoms with van der Waals surface area (Å²) in [6.45, 7) is 3.96. The Morgan fingerprint density at radius 2 is 1.46 bits per heavy atom. The van der Waals surface area contributed by atoms with Crippen molar-refractivity contribution in [1.82, 2.24) is 10.6 Å². The van der Waals surface area contributed by atoms with Crippen LogP contribution in [0.25, 0.3) is 0 Å². The zero-order valence-corrected chi connectivity index (χ0v) is 13.9. The fourth-order valence-corrected chi connectivity index (χ4v) is 2.54. The van der Waals surface area contributed by atoms with Gasteiger partial charge in [0.2, 0.25) is 5.91 Å². The van der Waals surface area contributed by atoms with Gasteiger partial charge in [-0.1, -0.05) is 62.4 Å². The van der Waals surface area contributed by atoms with Crippen molar-refractivity contribution < 1.29 is 9.59 Å². The van der Waals surface area contributed by atoms with Gasteiger partial charge in [-0.2, -0.15) is 0 Å². The highest BCUT2D eigenvalue weighted by Crippen LogP contribution is 2.18. The number of primary amides is 1. The average molecular weight is 325 g/mol. The second-order valence-electron chi connectivity index (χ2n) is 5.93. The Labute approximate surface area is 142 Å². The van der Waals surface area contributed by atoms with Gasteiger partial charge < -0.3 is 16.4 Å². The van der Waals surface area contributed by atoms with Crippen molar-refractivity contribution in [3.8, 4) is 0 Å². The smallest absolute Gasteiger partial charge is 0.251 e. The van der Waals surface area contributed by atoms with Crippen LogP contribution >= 0.6 is 0 Å². The summed E-state index contributed by atoms with van der Waals surface area (Å²) in [6, 6.07) is 17.1. The SMILES string of the molecule is CC(C)N[C@@H](c1ccccc1)[C@H](NC(=O)c1ccccc1)C(N)=O. The second-order valence-corrected chi connectivity index (χ2v) is 5.93. The van der Waals surface area contributed by atoms with Crippen LogP contribution in [0.1, 0.15) is 35.8 Å². The van der Waals surface area contributed by atoms with Crippen molar-refractivity contribution in [2.75, 3.05) is 0 Å². The fraction of sp³-hybridized carbons (Fsp3) is 0.263. The predicted molar refractivity (Wildman–Crippen MR) is 94.3 cm³/mol. The molecule has 0 fully saturated rings. The van der Waals surface area contributed by atoms with Gasteiger partial charge in [0.05, 0.1) is 6.04 Å². The molecule has 5 nitrogen and oxygen atoms in total. The Kier molecular flexibility index (Phi) is 6.09. The van der Waals surface area contributed by atoms with E-state index in [1.54, 1.807) is 24.3 Å². The third-order valence-electron chi connectivity index (χ3n) is 3.63. The average Bonchev–Trinajstić information content (AvgIpc) is 2.59. The van der Waals surface area contributed by atoms with Crippen LogP contribution in [0.15, 0.2) is 60.7 Å². The van der Waals surface area contributed by atoms with Crippen molar-refractivity contribution in [3.63, 3.8) is 0 Å². The van der Waals surface area contributed by atoms with Crippen molar-refractivity contribution in [2.24, 2.45) is 5.73 Å². The molecular weight excluding hydrogens is 302 g/mol. The zero-order valence-electron chi connectivity index (χ0n) is 13.9. The van der Waals surface area contributed by atoms with Crippen LogP contribution in [0, 0.1) is 0 Å². The van der Waals surface area contributed by atoms with E-state index in [1.807, 2.05) is 50.2 Å². The molecule has 24 heavy (non-hydrogen) atoms. The van der Waals surface area contributed by atoms with Gasteiger partial charge in [0.15, 0.2) is 0 Å². The lowest BCUT2D eigenvalue weighted by atomic mass is 9.97. The molecule has 126 valence electrons. The number of rotatable bonds is 7. The summed E-state index contributed by atoms with van der Waals surface area (Å²) in [7, 11) is 0. The van der Waals surface area contributed by atoms with Gasteiger partial charge in [-0.25, -0.2) is 0 Å². The zero-order chi connectivity index (χ0) is 17.5. The van der Waals surface area contributed by atoms with E-state index in [2.05, 4.69) is 10.6 Å². The van der Waals surface area contributed by atoms with Gasteiger partial charge in [-0.05, 0) is 17.7 Å². The molecule has 5 heteroatoms. The highest BCUT2D eigenvalue weighted by atomic mass is 16.2. The molecule has 0 saturated heterocycles. The number of carbonyl (C=O) groups is 2. The van der Waals surface area contributed by atoms with Crippen molar-refractivity contribution in [3.05, 3.63) is 71.8 Å². The highest BCUT2D eigenvalue weighted by Gasteiger charge is 2.30. The van der Waals surface area contributed by atoms with Crippen molar-refractivity contribution >= 4 is 11.8 Å². The Morgan fingerprint density at radius 3 is 1.96 bits per heavy atom. The maximum absolute atomic E-state index is 12.4. The summed E-state index contributed by atoms with van der Waals surface area (Å²) in [6.07, 6.45) is 0. The standard InChI is InChI=1S/C19H23N3O2/c1-13(2)21-16(14-9-5-3-6-10-14)17(18(20)23)22-19(24)15-11-7-4-8-12-15/h3-13,16-17,21H,1-2H3,(H2,20,23)(H,22,24)/t16-,17-/m0/s1. The van der Waals surface area contributed by atoms with Crippen molar-refractivity contribution in [1.29, 1.82) is 0 Å². The van der Waals surface area contributed by atoms with Gasteiger partial charge >= 0.3 is 0 Å². The maximum atomic E-state index is 12.4. The van der Waals surface area contributed by atoms with Crippen LogP contribution in [0.2, 0.25) is 0 Å². The minimum atomic E-state index is -0.859. The Balaban J connectivity index is 2.28. The van der Waals surface area contributed by atoms with Crippen LogP contribution in [0.3, 0.4) is 0 Å². The molecule has 2 aromatic rings. The molecule has 0 aliphatic carbocycles. The quantitative estimate of drug-likeness (QED) is 0.728. The Bertz CT molecular complexity index is 672. The summed E-state index contributed by atoms with van der Waals surface area (Å²) >= 11 is 0. The summed E-state index contributed by atoms with van der Waals surface area (Å²) in [5, 5.41) is 6.08. The number of amides is 2. The third-order valence-corrected chi connectivity index (χ3v) is 3.63. The van der Waals surface area contributed by atoms with Crippen LogP contribution in [-0.4, -0.2) is 23.9 Å². The van der Waals surface area contributed by atoms with E-state index in [9.17, 15) is 9.59 Å². The minimum Gasteiger partial charge on any atom is -0.368 e. The lowest BCUT2D eigenvalue weighted by molar-refractivity contribution is -0.120. The molecule has 0 aromatic heterocycles. The molecule has 2 aromatic carbocycles. The summed E-state index contributed by atoms with van der Waals surface area (Å²) < 4.78 is 0. The Hall–Kier alpha value is -2.66. The monoisotopic (exact) mass is 325 g/mol. The molecule has 0 spiro atoms. The molecule has 0 bridgehead atoms. The third kappa shape index (κ3) is 4.67. The van der Waals surface area contributed by atoms with E-state index in [0.29, 0.717) is 5.56 Å². The van der Waals surface area contributed by atoms with Crippen LogP contribution in [-0.2, 0) is 4.79 Å². The molecule has 0 aliphatic rings. The van der Waals surface area contributed by atoms with E-state index >= 15 is 0 Å². The molecule has 0 heterocycles. The lowest BCUT2D eigenvalue weighted by Crippen LogP contribution is -2.53. The fourth-order valence-electron chi connectivity index (χ4n) is 2.54. The predicted octanol–water partition coefficient (Wildman–Crippen LogP) is 2.01. The van der Waals surface area contributed by atoms with E-state index in [0.717, 1.165) is 5.56 Å². The van der Waals surface area contributed by atoms with E-state index in [4.69, 9.17) is 5.73 Å². The number of nitrogens with two attached hydrogens (primary N) is 1. The van der Waals surface area contributed by atoms with Gasteiger partial charge in [0.25, 0.3) is 5.91 Å². The number of hydrogen-bond acceptors (Lipinski definition) is 3. The van der Waals surface area contributed by atoms with E-state index < -0.39 is 18.0 Å². The first-order valence-corrected chi connectivity index (χ1v) is 7.95. The van der Waals surface area contributed by atoms with E-state index in [-0.39, 0.29) is 11.9 Å². The van der Waals surface area contributed by atoms with Crippen LogP contribution in [0.5, 0.6) is 0 Å². The molecule has 0 aliphatic heterocycles. The summed E-state index contributed by atoms with van der Waals surface area (Å²) in [5.74, 6) is -0.910. The molecule has 0 saturated carbocycles. The summed E-state index contributed by atoms with van der Waals surface area (Å²) in [5.41, 5.74) is 6.96. The molecule has 2 atom stereocenters. The molecule has 2 rings (SSSR count). The lowest BCUT2D eigenvalue weighted by Gasteiger charge is -2.29. The number of benzene rings is 2. The topological polar surface area (TPSA) is 84.2 Å². The van der Waals surface area contributed by atoms with E-state index in [1.165, 1.54) is 0 Å². The molecule has 0 unspecified atom stereocenters. The van der Waals surface area contributed by atoms with Crippen molar-refractivity contribution in [2.45, 2.75) is 32.0 Å². The first-order valence-electron chi connectivity index (χ1n) is 7.95.